The van der Waals surface area contributed by atoms with Crippen LogP contribution in [0.3, 0.4) is 0 Å². The molecule has 0 unspecified atom stereocenters. The Balaban J connectivity index is 1.82. The molecular formula is C21H27N5O7S. The highest BCUT2D eigenvalue weighted by atomic mass is 32.2. The van der Waals surface area contributed by atoms with Gasteiger partial charge in [-0.2, -0.15) is 9.29 Å². The molecule has 0 bridgehead atoms. The standard InChI is InChI=1S/C21H27N5O7S/c1-6-26(7-2)34(29,30)13-9-14(25(5)10-13)20(27)32-11-15-23-18(22)17-16(21(28)31-8-3)12(4)33-19(17)24-15/h9-10H,6-8,11H2,1-5H3,(H2,22,23,24). The summed E-state index contributed by atoms with van der Waals surface area (Å²) in [6, 6.07) is 1.26. The van der Waals surface area contributed by atoms with Gasteiger partial charge in [-0.05, 0) is 19.9 Å². The van der Waals surface area contributed by atoms with Gasteiger partial charge in [0, 0.05) is 26.3 Å². The van der Waals surface area contributed by atoms with Crippen molar-refractivity contribution in [2.24, 2.45) is 7.05 Å². The molecule has 184 valence electrons. The molecule has 3 aromatic rings. The second-order valence-corrected chi connectivity index (χ2v) is 9.23. The average Bonchev–Trinajstić information content (AvgIpc) is 3.33. The summed E-state index contributed by atoms with van der Waals surface area (Å²) in [6.07, 6.45) is 1.35. The second kappa shape index (κ2) is 9.81. The van der Waals surface area contributed by atoms with Crippen molar-refractivity contribution in [3.63, 3.8) is 0 Å². The number of ether oxygens (including phenoxy) is 2. The molecule has 0 radical (unpaired) electrons. The van der Waals surface area contributed by atoms with Crippen LogP contribution in [0.25, 0.3) is 11.1 Å². The molecule has 0 aliphatic rings. The van der Waals surface area contributed by atoms with Crippen molar-refractivity contribution < 1.29 is 31.9 Å². The first kappa shape index (κ1) is 25.2. The van der Waals surface area contributed by atoms with Crippen LogP contribution in [-0.4, -0.2) is 58.9 Å². The third kappa shape index (κ3) is 4.61. The van der Waals surface area contributed by atoms with Gasteiger partial charge in [0.05, 0.1) is 12.0 Å². The van der Waals surface area contributed by atoms with E-state index in [4.69, 9.17) is 19.6 Å². The van der Waals surface area contributed by atoms with E-state index in [1.54, 1.807) is 34.7 Å². The maximum atomic E-state index is 12.7. The number of furan rings is 1. The lowest BCUT2D eigenvalue weighted by Gasteiger charge is -2.17. The van der Waals surface area contributed by atoms with Crippen LogP contribution < -0.4 is 5.73 Å². The van der Waals surface area contributed by atoms with Crippen LogP contribution >= 0.6 is 0 Å². The number of carbonyl (C=O) groups is 2. The summed E-state index contributed by atoms with van der Waals surface area (Å²) in [5.74, 6) is -1.08. The van der Waals surface area contributed by atoms with Crippen LogP contribution in [-0.2, 0) is 33.2 Å². The average molecular weight is 494 g/mol. The van der Waals surface area contributed by atoms with Crippen LogP contribution in [0.1, 0.15) is 53.2 Å². The number of esters is 2. The fourth-order valence-corrected chi connectivity index (χ4v) is 5.02. The van der Waals surface area contributed by atoms with E-state index in [-0.39, 0.29) is 57.9 Å². The Kier molecular flexibility index (Phi) is 7.26. The lowest BCUT2D eigenvalue weighted by molar-refractivity contribution is 0.0450. The lowest BCUT2D eigenvalue weighted by atomic mass is 10.2. The molecule has 3 rings (SSSR count). The molecule has 3 heterocycles. The van der Waals surface area contributed by atoms with Crippen molar-refractivity contribution in [3.8, 4) is 0 Å². The van der Waals surface area contributed by atoms with Gasteiger partial charge in [-0.25, -0.2) is 23.0 Å². The van der Waals surface area contributed by atoms with E-state index < -0.39 is 22.0 Å². The van der Waals surface area contributed by atoms with E-state index in [9.17, 15) is 18.0 Å². The van der Waals surface area contributed by atoms with Crippen molar-refractivity contribution in [3.05, 3.63) is 35.1 Å². The molecule has 0 aromatic carbocycles. The number of nitrogens with two attached hydrogens (primary N) is 1. The molecule has 13 heteroatoms. The van der Waals surface area contributed by atoms with E-state index in [0.29, 0.717) is 13.1 Å². The van der Waals surface area contributed by atoms with E-state index in [0.717, 1.165) is 0 Å². The smallest absolute Gasteiger partial charge is 0.355 e. The van der Waals surface area contributed by atoms with Gasteiger partial charge in [0.2, 0.25) is 15.7 Å². The number of aromatic nitrogens is 3. The molecule has 0 fully saturated rings. The number of nitrogen functional groups attached to an aromatic ring is 1. The van der Waals surface area contributed by atoms with Crippen molar-refractivity contribution in [2.75, 3.05) is 25.4 Å². The molecular weight excluding hydrogens is 466 g/mol. The zero-order chi connectivity index (χ0) is 25.2. The van der Waals surface area contributed by atoms with Crippen molar-refractivity contribution in [1.29, 1.82) is 0 Å². The normalized spacial score (nSPS) is 11.8. The Morgan fingerprint density at radius 3 is 2.44 bits per heavy atom. The predicted molar refractivity (Wildman–Crippen MR) is 122 cm³/mol. The summed E-state index contributed by atoms with van der Waals surface area (Å²) in [7, 11) is -2.19. The molecule has 0 saturated carbocycles. The molecule has 12 nitrogen and oxygen atoms in total. The Morgan fingerprint density at radius 2 is 1.82 bits per heavy atom. The fraction of sp³-hybridized carbons (Fsp3) is 0.429. The first-order chi connectivity index (χ1) is 16.0. The van der Waals surface area contributed by atoms with Crippen LogP contribution in [0.4, 0.5) is 5.82 Å². The maximum Gasteiger partial charge on any atom is 0.355 e. The number of nitrogens with zero attached hydrogens (tertiary/aromatic N) is 4. The highest BCUT2D eigenvalue weighted by Crippen LogP contribution is 2.29. The SMILES string of the molecule is CCOC(=O)c1c(C)oc2nc(COC(=O)c3cc(S(=O)(=O)N(CC)CC)cn3C)nc(N)c12. The van der Waals surface area contributed by atoms with Crippen LogP contribution in [0, 0.1) is 6.92 Å². The van der Waals surface area contributed by atoms with Gasteiger partial charge in [-0.3, -0.25) is 0 Å². The van der Waals surface area contributed by atoms with Crippen molar-refractivity contribution in [2.45, 2.75) is 39.2 Å². The summed E-state index contributed by atoms with van der Waals surface area (Å²) < 4.78 is 44.0. The Hall–Kier alpha value is -3.45. The van der Waals surface area contributed by atoms with Crippen LogP contribution in [0.5, 0.6) is 0 Å². The summed E-state index contributed by atoms with van der Waals surface area (Å²) in [6.45, 7) is 7.16. The zero-order valence-corrected chi connectivity index (χ0v) is 20.4. The number of hydrogen-bond acceptors (Lipinski definition) is 10. The number of carbonyl (C=O) groups excluding carboxylic acids is 2. The van der Waals surface area contributed by atoms with Crippen LogP contribution in [0.15, 0.2) is 21.6 Å². The number of hydrogen-bond donors (Lipinski definition) is 1. The Bertz CT molecular complexity index is 1340. The Labute approximate surface area is 196 Å². The quantitative estimate of drug-likeness (QED) is 0.437. The minimum absolute atomic E-state index is 0.00915. The van der Waals surface area contributed by atoms with Gasteiger partial charge in [0.1, 0.15) is 27.7 Å². The predicted octanol–water partition coefficient (Wildman–Crippen LogP) is 2.02. The molecule has 2 N–H and O–H groups in total. The molecule has 0 saturated heterocycles. The van der Waals surface area contributed by atoms with E-state index >= 15 is 0 Å². The molecule has 0 aliphatic carbocycles. The van der Waals surface area contributed by atoms with Gasteiger partial charge >= 0.3 is 11.9 Å². The molecule has 0 amide bonds. The monoisotopic (exact) mass is 493 g/mol. The highest BCUT2D eigenvalue weighted by Gasteiger charge is 2.27. The molecule has 3 aromatic heterocycles. The van der Waals surface area contributed by atoms with Crippen molar-refractivity contribution in [1.82, 2.24) is 18.8 Å². The van der Waals surface area contributed by atoms with Gasteiger partial charge in [0.15, 0.2) is 12.4 Å². The highest BCUT2D eigenvalue weighted by molar-refractivity contribution is 7.89. The zero-order valence-electron chi connectivity index (χ0n) is 19.6. The van der Waals surface area contributed by atoms with Gasteiger partial charge in [-0.1, -0.05) is 13.8 Å². The fourth-order valence-electron chi connectivity index (χ4n) is 3.49. The van der Waals surface area contributed by atoms with Gasteiger partial charge in [0.25, 0.3) is 0 Å². The van der Waals surface area contributed by atoms with E-state index in [1.807, 2.05) is 0 Å². The molecule has 0 spiro atoms. The summed E-state index contributed by atoms with van der Waals surface area (Å²) in [5.41, 5.74) is 6.26. The number of sulfonamides is 1. The van der Waals surface area contributed by atoms with E-state index in [1.165, 1.54) is 21.1 Å². The third-order valence-electron chi connectivity index (χ3n) is 5.15. The number of rotatable bonds is 9. The second-order valence-electron chi connectivity index (χ2n) is 7.30. The molecule has 0 aliphatic heterocycles. The summed E-state index contributed by atoms with van der Waals surface area (Å²) in [5, 5.41) is 0.222. The largest absolute Gasteiger partial charge is 0.462 e. The maximum absolute atomic E-state index is 12.7. The lowest BCUT2D eigenvalue weighted by Crippen LogP contribution is -2.30. The summed E-state index contributed by atoms with van der Waals surface area (Å²) >= 11 is 0. The van der Waals surface area contributed by atoms with Crippen LogP contribution in [0.2, 0.25) is 0 Å². The van der Waals surface area contributed by atoms with Crippen molar-refractivity contribution >= 4 is 38.9 Å². The first-order valence-corrected chi connectivity index (χ1v) is 12.0. The van der Waals surface area contributed by atoms with Gasteiger partial charge in [-0.15, -0.1) is 0 Å². The Morgan fingerprint density at radius 1 is 1.15 bits per heavy atom. The third-order valence-corrected chi connectivity index (χ3v) is 7.16. The molecule has 0 atom stereocenters. The number of anilines is 1. The van der Waals surface area contributed by atoms with Gasteiger partial charge < -0.3 is 24.2 Å². The minimum Gasteiger partial charge on any atom is -0.462 e. The topological polar surface area (TPSA) is 160 Å². The molecule has 34 heavy (non-hydrogen) atoms. The minimum atomic E-state index is -3.73. The number of fused-ring (bicyclic) bond motifs is 1. The van der Waals surface area contributed by atoms with E-state index in [2.05, 4.69) is 9.97 Å². The summed E-state index contributed by atoms with van der Waals surface area (Å²) in [4.78, 5) is 33.1. The number of aryl methyl sites for hydroxylation is 2. The first-order valence-electron chi connectivity index (χ1n) is 10.6.